The summed E-state index contributed by atoms with van der Waals surface area (Å²) in [5.74, 6) is 2.42. The Morgan fingerprint density at radius 1 is 0.917 bits per heavy atom. The molecule has 2 aromatic rings. The molecule has 2 atom stereocenters. The smallest absolute Gasteiger partial charge is 0.243 e. The van der Waals surface area contributed by atoms with Gasteiger partial charge < -0.3 is 14.8 Å². The van der Waals surface area contributed by atoms with E-state index in [0.717, 1.165) is 24.5 Å². The lowest BCUT2D eigenvalue weighted by molar-refractivity contribution is -0.0298. The van der Waals surface area contributed by atoms with E-state index in [2.05, 4.69) is 44.3 Å². The van der Waals surface area contributed by atoms with E-state index in [9.17, 15) is 0 Å². The van der Waals surface area contributed by atoms with Gasteiger partial charge in [0.15, 0.2) is 0 Å². The molecule has 0 radical (unpaired) electrons. The molecule has 2 aromatic carbocycles. The SMILES string of the molecule is CCC(CNC)c1cccc(OC(Oc2ccccc2)C(C)C)c1. The lowest BCUT2D eigenvalue weighted by Gasteiger charge is -2.24. The molecule has 0 bridgehead atoms. The summed E-state index contributed by atoms with van der Waals surface area (Å²) in [5, 5.41) is 3.26. The second-order valence-electron chi connectivity index (χ2n) is 6.40. The van der Waals surface area contributed by atoms with Gasteiger partial charge in [-0.15, -0.1) is 0 Å². The molecule has 0 amide bonds. The van der Waals surface area contributed by atoms with Crippen molar-refractivity contribution in [3.05, 3.63) is 60.2 Å². The van der Waals surface area contributed by atoms with Gasteiger partial charge in [-0.25, -0.2) is 0 Å². The van der Waals surface area contributed by atoms with Crippen molar-refractivity contribution in [2.24, 2.45) is 5.92 Å². The molecule has 0 heterocycles. The molecule has 0 aromatic heterocycles. The minimum Gasteiger partial charge on any atom is -0.455 e. The van der Waals surface area contributed by atoms with Crippen LogP contribution in [0.2, 0.25) is 0 Å². The molecule has 130 valence electrons. The largest absolute Gasteiger partial charge is 0.455 e. The first-order valence-corrected chi connectivity index (χ1v) is 8.77. The Kier molecular flexibility index (Phi) is 7.13. The summed E-state index contributed by atoms with van der Waals surface area (Å²) in [6.45, 7) is 7.39. The molecular formula is C21H29NO2. The average Bonchev–Trinajstić information content (AvgIpc) is 2.60. The fraction of sp³-hybridized carbons (Fsp3) is 0.429. The summed E-state index contributed by atoms with van der Waals surface area (Å²) in [6.07, 6.45) is 0.783. The van der Waals surface area contributed by atoms with Gasteiger partial charge in [0.25, 0.3) is 0 Å². The third-order valence-electron chi connectivity index (χ3n) is 4.06. The molecule has 0 aliphatic heterocycles. The second-order valence-corrected chi connectivity index (χ2v) is 6.40. The number of hydrogen-bond donors (Lipinski definition) is 1. The molecule has 3 heteroatoms. The van der Waals surface area contributed by atoms with Crippen molar-refractivity contribution in [2.75, 3.05) is 13.6 Å². The second kappa shape index (κ2) is 9.33. The van der Waals surface area contributed by atoms with Gasteiger partial charge in [-0.05, 0) is 49.2 Å². The van der Waals surface area contributed by atoms with Crippen LogP contribution in [0.25, 0.3) is 0 Å². The third-order valence-corrected chi connectivity index (χ3v) is 4.06. The van der Waals surface area contributed by atoms with Crippen molar-refractivity contribution in [1.82, 2.24) is 5.32 Å². The predicted molar refractivity (Wildman–Crippen MR) is 99.7 cm³/mol. The highest BCUT2D eigenvalue weighted by Crippen LogP contribution is 2.25. The van der Waals surface area contributed by atoms with E-state index in [4.69, 9.17) is 9.47 Å². The van der Waals surface area contributed by atoms with Crippen molar-refractivity contribution in [3.63, 3.8) is 0 Å². The van der Waals surface area contributed by atoms with Crippen LogP contribution in [0.4, 0.5) is 0 Å². The van der Waals surface area contributed by atoms with E-state index in [1.165, 1.54) is 5.56 Å². The normalized spacial score (nSPS) is 13.5. The van der Waals surface area contributed by atoms with Gasteiger partial charge in [-0.2, -0.15) is 0 Å². The van der Waals surface area contributed by atoms with Gasteiger partial charge in [0, 0.05) is 12.5 Å². The maximum Gasteiger partial charge on any atom is 0.243 e. The Hall–Kier alpha value is -2.00. The van der Waals surface area contributed by atoms with Crippen LogP contribution in [-0.4, -0.2) is 19.9 Å². The standard InChI is InChI=1S/C21H29NO2/c1-5-17(15-22-4)18-10-9-13-20(14-18)24-21(16(2)3)23-19-11-7-6-8-12-19/h6-14,16-17,21-22H,5,15H2,1-4H3. The van der Waals surface area contributed by atoms with Gasteiger partial charge in [0.1, 0.15) is 11.5 Å². The van der Waals surface area contributed by atoms with Gasteiger partial charge in [-0.3, -0.25) is 0 Å². The molecule has 2 unspecified atom stereocenters. The number of nitrogens with one attached hydrogen (secondary N) is 1. The highest BCUT2D eigenvalue weighted by molar-refractivity contribution is 5.31. The summed E-state index contributed by atoms with van der Waals surface area (Å²) in [6, 6.07) is 18.2. The monoisotopic (exact) mass is 327 g/mol. The Morgan fingerprint density at radius 3 is 2.21 bits per heavy atom. The maximum atomic E-state index is 6.15. The van der Waals surface area contributed by atoms with E-state index in [1.807, 2.05) is 43.4 Å². The fourth-order valence-electron chi connectivity index (χ4n) is 2.65. The summed E-state index contributed by atoms with van der Waals surface area (Å²) in [4.78, 5) is 0. The van der Waals surface area contributed by atoms with Crippen LogP contribution in [0.5, 0.6) is 11.5 Å². The fourth-order valence-corrected chi connectivity index (χ4v) is 2.65. The van der Waals surface area contributed by atoms with Crippen molar-refractivity contribution in [3.8, 4) is 11.5 Å². The first kappa shape index (κ1) is 18.3. The number of hydrogen-bond acceptors (Lipinski definition) is 3. The molecular weight excluding hydrogens is 298 g/mol. The van der Waals surface area contributed by atoms with Crippen LogP contribution in [0.3, 0.4) is 0 Å². The van der Waals surface area contributed by atoms with E-state index in [-0.39, 0.29) is 12.2 Å². The number of ether oxygens (including phenoxy) is 2. The predicted octanol–water partition coefficient (Wildman–Crippen LogP) is 4.84. The number of benzene rings is 2. The van der Waals surface area contributed by atoms with Gasteiger partial charge >= 0.3 is 0 Å². The summed E-state index contributed by atoms with van der Waals surface area (Å²) < 4.78 is 12.2. The number of rotatable bonds is 9. The molecule has 0 saturated carbocycles. The topological polar surface area (TPSA) is 30.5 Å². The zero-order valence-corrected chi connectivity index (χ0v) is 15.2. The Labute approximate surface area is 146 Å². The lowest BCUT2D eigenvalue weighted by Crippen LogP contribution is -2.29. The Bertz CT molecular complexity index is 598. The summed E-state index contributed by atoms with van der Waals surface area (Å²) in [5.41, 5.74) is 1.30. The van der Waals surface area contributed by atoms with Crippen LogP contribution in [0.1, 0.15) is 38.7 Å². The molecule has 0 aliphatic carbocycles. The molecule has 2 rings (SSSR count). The van der Waals surface area contributed by atoms with Crippen molar-refractivity contribution < 1.29 is 9.47 Å². The van der Waals surface area contributed by atoms with E-state index >= 15 is 0 Å². The van der Waals surface area contributed by atoms with E-state index in [1.54, 1.807) is 0 Å². The van der Waals surface area contributed by atoms with Crippen LogP contribution >= 0.6 is 0 Å². The van der Waals surface area contributed by atoms with Crippen LogP contribution in [0, 0.1) is 5.92 Å². The molecule has 0 spiro atoms. The van der Waals surface area contributed by atoms with Crippen molar-refractivity contribution in [1.29, 1.82) is 0 Å². The molecule has 3 nitrogen and oxygen atoms in total. The molecule has 1 N–H and O–H groups in total. The maximum absolute atomic E-state index is 6.15. The first-order chi connectivity index (χ1) is 11.6. The van der Waals surface area contributed by atoms with Gasteiger partial charge in [-0.1, -0.05) is 51.1 Å². The van der Waals surface area contributed by atoms with Crippen LogP contribution < -0.4 is 14.8 Å². The van der Waals surface area contributed by atoms with Gasteiger partial charge in [0.2, 0.25) is 6.29 Å². The highest BCUT2D eigenvalue weighted by Gasteiger charge is 2.18. The Morgan fingerprint density at radius 2 is 1.58 bits per heavy atom. The van der Waals surface area contributed by atoms with Crippen molar-refractivity contribution >= 4 is 0 Å². The summed E-state index contributed by atoms with van der Waals surface area (Å²) in [7, 11) is 1.99. The third kappa shape index (κ3) is 5.27. The molecule has 24 heavy (non-hydrogen) atoms. The minimum absolute atomic E-state index is 0.244. The quantitative estimate of drug-likeness (QED) is 0.669. The molecule has 0 saturated heterocycles. The van der Waals surface area contributed by atoms with Crippen LogP contribution in [0.15, 0.2) is 54.6 Å². The first-order valence-electron chi connectivity index (χ1n) is 8.77. The lowest BCUT2D eigenvalue weighted by atomic mass is 9.96. The number of para-hydroxylation sites is 1. The number of likely N-dealkylation sites (N-methyl/N-ethyl adjacent to an activating group) is 1. The van der Waals surface area contributed by atoms with E-state index < -0.39 is 0 Å². The zero-order valence-electron chi connectivity index (χ0n) is 15.2. The Balaban J connectivity index is 2.11. The van der Waals surface area contributed by atoms with E-state index in [0.29, 0.717) is 5.92 Å². The van der Waals surface area contributed by atoms with Gasteiger partial charge in [0.05, 0.1) is 0 Å². The van der Waals surface area contributed by atoms with Crippen molar-refractivity contribution in [2.45, 2.75) is 39.4 Å². The minimum atomic E-state index is -0.313. The highest BCUT2D eigenvalue weighted by atomic mass is 16.7. The molecule has 0 fully saturated rings. The zero-order chi connectivity index (χ0) is 17.4. The average molecular weight is 327 g/mol. The van der Waals surface area contributed by atoms with Crippen LogP contribution in [-0.2, 0) is 0 Å². The molecule has 0 aliphatic rings. The summed E-state index contributed by atoms with van der Waals surface area (Å²) >= 11 is 0.